The highest BCUT2D eigenvalue weighted by Gasteiger charge is 2.53. The Morgan fingerprint density at radius 3 is 2.14 bits per heavy atom. The number of carbonyl (C=O) groups is 1. The van der Waals surface area contributed by atoms with E-state index in [9.17, 15) is 4.79 Å². The largest absolute Gasteiger partial charge is 0.299 e. The molecule has 0 amide bonds. The van der Waals surface area contributed by atoms with Crippen molar-refractivity contribution in [1.82, 2.24) is 4.90 Å². The Bertz CT molecular complexity index is 308. The molecule has 2 aliphatic carbocycles. The van der Waals surface area contributed by atoms with Crippen LogP contribution in [0.15, 0.2) is 11.1 Å². The molecule has 0 aromatic heterocycles. The second kappa shape index (κ2) is 2.93. The number of hydrogen-bond donors (Lipinski definition) is 0. The molecule has 0 spiro atoms. The molecule has 0 aromatic rings. The van der Waals surface area contributed by atoms with Gasteiger partial charge in [0.25, 0.3) is 0 Å². The van der Waals surface area contributed by atoms with E-state index in [1.807, 2.05) is 6.92 Å². The van der Waals surface area contributed by atoms with Gasteiger partial charge in [-0.2, -0.15) is 0 Å². The first-order valence-corrected chi connectivity index (χ1v) is 5.38. The van der Waals surface area contributed by atoms with Crippen molar-refractivity contribution in [2.75, 3.05) is 14.1 Å². The summed E-state index contributed by atoms with van der Waals surface area (Å²) in [6.45, 7) is 4.11. The lowest BCUT2D eigenvalue weighted by molar-refractivity contribution is -0.116. The zero-order valence-electron chi connectivity index (χ0n) is 9.55. The summed E-state index contributed by atoms with van der Waals surface area (Å²) in [5, 5.41) is 0. The van der Waals surface area contributed by atoms with E-state index < -0.39 is 0 Å². The van der Waals surface area contributed by atoms with Crippen molar-refractivity contribution in [3.05, 3.63) is 11.1 Å². The molecule has 1 fully saturated rings. The molecule has 0 radical (unpaired) electrons. The minimum atomic E-state index is 0.0706. The van der Waals surface area contributed by atoms with Crippen molar-refractivity contribution in [3.63, 3.8) is 0 Å². The molecule has 0 aromatic carbocycles. The number of hydrogen-bond acceptors (Lipinski definition) is 2. The van der Waals surface area contributed by atoms with E-state index >= 15 is 0 Å². The second-order valence-electron chi connectivity index (χ2n) is 4.94. The molecule has 78 valence electrons. The van der Waals surface area contributed by atoms with E-state index in [1.165, 1.54) is 18.4 Å². The van der Waals surface area contributed by atoms with Crippen LogP contribution in [0.5, 0.6) is 0 Å². The Morgan fingerprint density at radius 1 is 1.29 bits per heavy atom. The first-order valence-electron chi connectivity index (χ1n) is 5.38. The molecule has 0 bridgehead atoms. The van der Waals surface area contributed by atoms with Gasteiger partial charge in [-0.05, 0) is 57.8 Å². The van der Waals surface area contributed by atoms with Gasteiger partial charge in [-0.25, -0.2) is 0 Å². The van der Waals surface area contributed by atoms with Crippen LogP contribution in [0.3, 0.4) is 0 Å². The van der Waals surface area contributed by atoms with Gasteiger partial charge in [0.1, 0.15) is 0 Å². The molecular weight excluding hydrogens is 174 g/mol. The summed E-state index contributed by atoms with van der Waals surface area (Å²) in [5.74, 6) is 1.07. The smallest absolute Gasteiger partial charge is 0.160 e. The fourth-order valence-electron chi connectivity index (χ4n) is 2.91. The summed E-state index contributed by atoms with van der Waals surface area (Å²) in [6, 6.07) is 0. The Kier molecular flexibility index (Phi) is 2.07. The van der Waals surface area contributed by atoms with Crippen LogP contribution in [0.2, 0.25) is 0 Å². The summed E-state index contributed by atoms with van der Waals surface area (Å²) in [7, 11) is 4.21. The van der Waals surface area contributed by atoms with E-state index in [2.05, 4.69) is 25.9 Å². The van der Waals surface area contributed by atoms with Crippen LogP contribution >= 0.6 is 0 Å². The summed E-state index contributed by atoms with van der Waals surface area (Å²) in [5.41, 5.74) is 2.39. The minimum absolute atomic E-state index is 0.0706. The SMILES string of the molecule is CC1=C(C)C(C2CC2)(N(C)C)CC1=O. The third-order valence-electron chi connectivity index (χ3n) is 4.11. The summed E-state index contributed by atoms with van der Waals surface area (Å²) in [4.78, 5) is 14.0. The topological polar surface area (TPSA) is 20.3 Å². The highest BCUT2D eigenvalue weighted by Crippen LogP contribution is 2.52. The number of likely N-dealkylation sites (N-methyl/N-ethyl adjacent to an activating group) is 1. The first-order chi connectivity index (χ1) is 6.50. The number of carbonyl (C=O) groups excluding carboxylic acids is 1. The lowest BCUT2D eigenvalue weighted by Gasteiger charge is -2.38. The zero-order chi connectivity index (χ0) is 10.5. The maximum absolute atomic E-state index is 11.8. The maximum atomic E-state index is 11.8. The second-order valence-corrected chi connectivity index (χ2v) is 4.94. The van der Waals surface area contributed by atoms with Crippen LogP contribution in [0.1, 0.15) is 33.1 Å². The van der Waals surface area contributed by atoms with Gasteiger partial charge in [-0.15, -0.1) is 0 Å². The van der Waals surface area contributed by atoms with E-state index in [0.717, 1.165) is 11.5 Å². The number of ketones is 1. The molecule has 0 heterocycles. The maximum Gasteiger partial charge on any atom is 0.160 e. The Hall–Kier alpha value is -0.630. The van der Waals surface area contributed by atoms with E-state index in [1.54, 1.807) is 0 Å². The lowest BCUT2D eigenvalue weighted by Crippen LogP contribution is -2.46. The van der Waals surface area contributed by atoms with Crippen molar-refractivity contribution in [2.24, 2.45) is 5.92 Å². The van der Waals surface area contributed by atoms with E-state index in [0.29, 0.717) is 12.2 Å². The Labute approximate surface area is 86.0 Å². The van der Waals surface area contributed by atoms with Gasteiger partial charge >= 0.3 is 0 Å². The van der Waals surface area contributed by atoms with Gasteiger partial charge < -0.3 is 0 Å². The van der Waals surface area contributed by atoms with Gasteiger partial charge in [-0.3, -0.25) is 9.69 Å². The number of rotatable bonds is 2. The predicted molar refractivity (Wildman–Crippen MR) is 57.1 cm³/mol. The Balaban J connectivity index is 2.43. The third-order valence-corrected chi connectivity index (χ3v) is 4.11. The summed E-state index contributed by atoms with van der Waals surface area (Å²) < 4.78 is 0. The van der Waals surface area contributed by atoms with Crippen LogP contribution in [0, 0.1) is 5.92 Å². The summed E-state index contributed by atoms with van der Waals surface area (Å²) >= 11 is 0. The van der Waals surface area contributed by atoms with Crippen LogP contribution in [0.4, 0.5) is 0 Å². The van der Waals surface area contributed by atoms with Crippen molar-refractivity contribution in [2.45, 2.75) is 38.6 Å². The van der Waals surface area contributed by atoms with Gasteiger partial charge in [0, 0.05) is 6.42 Å². The number of Topliss-reactive ketones (excluding diaryl/α,β-unsaturated/α-hetero) is 1. The lowest BCUT2D eigenvalue weighted by atomic mass is 9.85. The van der Waals surface area contributed by atoms with E-state index in [-0.39, 0.29) is 5.54 Å². The fraction of sp³-hybridized carbons (Fsp3) is 0.750. The molecule has 2 rings (SSSR count). The molecule has 1 atom stereocenters. The monoisotopic (exact) mass is 193 g/mol. The molecule has 0 aliphatic heterocycles. The van der Waals surface area contributed by atoms with E-state index in [4.69, 9.17) is 0 Å². The van der Waals surface area contributed by atoms with Gasteiger partial charge in [0.2, 0.25) is 0 Å². The normalized spacial score (nSPS) is 33.4. The number of nitrogens with zero attached hydrogens (tertiary/aromatic N) is 1. The standard InChI is InChI=1S/C12H19NO/c1-8-9(2)12(13(3)4,7-11(8)14)10-5-6-10/h10H,5-7H2,1-4H3. The van der Waals surface area contributed by atoms with Crippen LogP contribution in [-0.2, 0) is 4.79 Å². The van der Waals surface area contributed by atoms with Crippen LogP contribution in [0.25, 0.3) is 0 Å². The quantitative estimate of drug-likeness (QED) is 0.668. The highest BCUT2D eigenvalue weighted by atomic mass is 16.1. The first kappa shape index (κ1) is 9.91. The molecule has 2 heteroatoms. The molecule has 0 saturated heterocycles. The van der Waals surface area contributed by atoms with Crippen molar-refractivity contribution in [1.29, 1.82) is 0 Å². The van der Waals surface area contributed by atoms with Crippen molar-refractivity contribution < 1.29 is 4.79 Å². The molecular formula is C12H19NO. The summed E-state index contributed by atoms with van der Waals surface area (Å²) in [6.07, 6.45) is 3.29. The molecule has 0 N–H and O–H groups in total. The van der Waals surface area contributed by atoms with Gasteiger partial charge in [0.15, 0.2) is 5.78 Å². The van der Waals surface area contributed by atoms with Crippen LogP contribution in [-0.4, -0.2) is 30.3 Å². The molecule has 14 heavy (non-hydrogen) atoms. The minimum Gasteiger partial charge on any atom is -0.299 e. The van der Waals surface area contributed by atoms with Gasteiger partial charge in [0.05, 0.1) is 5.54 Å². The van der Waals surface area contributed by atoms with Crippen molar-refractivity contribution in [3.8, 4) is 0 Å². The highest BCUT2D eigenvalue weighted by molar-refractivity contribution is 6.00. The molecule has 2 aliphatic rings. The molecule has 1 saturated carbocycles. The fourth-order valence-corrected chi connectivity index (χ4v) is 2.91. The molecule has 2 nitrogen and oxygen atoms in total. The molecule has 1 unspecified atom stereocenters. The zero-order valence-corrected chi connectivity index (χ0v) is 9.55. The predicted octanol–water partition coefficient (Wildman–Crippen LogP) is 2.01. The average Bonchev–Trinajstić information content (AvgIpc) is 2.91. The van der Waals surface area contributed by atoms with Gasteiger partial charge in [-0.1, -0.05) is 0 Å². The number of allylic oxidation sites excluding steroid dienone is 1. The third kappa shape index (κ3) is 1.10. The Morgan fingerprint density at radius 2 is 1.86 bits per heavy atom. The average molecular weight is 193 g/mol. The van der Waals surface area contributed by atoms with Crippen molar-refractivity contribution >= 4 is 5.78 Å². The van der Waals surface area contributed by atoms with Crippen LogP contribution < -0.4 is 0 Å².